The summed E-state index contributed by atoms with van der Waals surface area (Å²) in [4.78, 5) is 21.4. The first-order valence-electron chi connectivity index (χ1n) is 11.4. The molecule has 1 saturated carbocycles. The summed E-state index contributed by atoms with van der Waals surface area (Å²) in [5.41, 5.74) is 0.884. The molecule has 2 heterocycles. The molecule has 1 aromatic heterocycles. The molecule has 0 atom stereocenters. The molecule has 174 valence electrons. The number of carbonyl (C=O) groups excluding carboxylic acids is 1. The number of rotatable bonds is 5. The zero-order valence-corrected chi connectivity index (χ0v) is 19.7. The second kappa shape index (κ2) is 9.89. The highest BCUT2D eigenvalue weighted by atomic mass is 32.2. The van der Waals surface area contributed by atoms with Gasteiger partial charge in [-0.05, 0) is 43.2 Å². The molecule has 0 spiro atoms. The van der Waals surface area contributed by atoms with Gasteiger partial charge in [-0.3, -0.25) is 4.79 Å². The number of sulfonamides is 1. The molecule has 1 amide bonds. The lowest BCUT2D eigenvalue weighted by Gasteiger charge is -2.35. The fourth-order valence-electron chi connectivity index (χ4n) is 4.64. The second-order valence-electron chi connectivity index (χ2n) is 8.61. The van der Waals surface area contributed by atoms with Crippen LogP contribution in [0.2, 0.25) is 0 Å². The van der Waals surface area contributed by atoms with Crippen LogP contribution < -0.4 is 4.90 Å². The highest BCUT2D eigenvalue weighted by Crippen LogP contribution is 2.27. The third-order valence-electron chi connectivity index (χ3n) is 6.62. The zero-order chi connectivity index (χ0) is 23.4. The van der Waals surface area contributed by atoms with Gasteiger partial charge in [0.2, 0.25) is 10.0 Å². The summed E-state index contributed by atoms with van der Waals surface area (Å²) in [6.07, 6.45) is 6.65. The van der Waals surface area contributed by atoms with E-state index in [1.54, 1.807) is 48.5 Å². The van der Waals surface area contributed by atoms with Crippen LogP contribution >= 0.6 is 0 Å². The van der Waals surface area contributed by atoms with E-state index in [1.807, 2.05) is 4.90 Å². The van der Waals surface area contributed by atoms with Gasteiger partial charge in [-0.2, -0.15) is 9.57 Å². The van der Waals surface area contributed by atoms with Crippen molar-refractivity contribution in [2.45, 2.75) is 43.0 Å². The third kappa shape index (κ3) is 4.87. The maximum atomic E-state index is 13.2. The topological polar surface area (TPSA) is 97.6 Å². The van der Waals surface area contributed by atoms with Crippen LogP contribution in [0.3, 0.4) is 0 Å². The van der Waals surface area contributed by atoms with E-state index in [9.17, 15) is 18.5 Å². The van der Waals surface area contributed by atoms with Gasteiger partial charge < -0.3 is 9.80 Å². The molecular weight excluding hydrogens is 438 g/mol. The lowest BCUT2D eigenvalue weighted by molar-refractivity contribution is 0.0746. The van der Waals surface area contributed by atoms with Crippen molar-refractivity contribution in [1.82, 2.24) is 14.2 Å². The number of anilines is 1. The van der Waals surface area contributed by atoms with Crippen molar-refractivity contribution in [3.63, 3.8) is 0 Å². The normalized spacial score (nSPS) is 17.7. The Labute approximate surface area is 195 Å². The average molecular weight is 468 g/mol. The summed E-state index contributed by atoms with van der Waals surface area (Å²) >= 11 is 0. The summed E-state index contributed by atoms with van der Waals surface area (Å²) in [5, 5.41) is 9.32. The Morgan fingerprint density at radius 3 is 2.52 bits per heavy atom. The molecule has 2 aliphatic rings. The van der Waals surface area contributed by atoms with Gasteiger partial charge in [0.25, 0.3) is 5.91 Å². The predicted octanol–water partition coefficient (Wildman–Crippen LogP) is 2.87. The number of piperazine rings is 1. The van der Waals surface area contributed by atoms with Gasteiger partial charge in [0.15, 0.2) is 0 Å². The first-order chi connectivity index (χ1) is 15.9. The summed E-state index contributed by atoms with van der Waals surface area (Å²) in [6, 6.07) is 12.0. The number of amides is 1. The first-order valence-corrected chi connectivity index (χ1v) is 12.8. The number of hydrogen-bond acceptors (Lipinski definition) is 6. The number of hydrogen-bond donors (Lipinski definition) is 0. The van der Waals surface area contributed by atoms with Gasteiger partial charge >= 0.3 is 0 Å². The van der Waals surface area contributed by atoms with Crippen LogP contribution in [-0.4, -0.2) is 67.8 Å². The highest BCUT2D eigenvalue weighted by Gasteiger charge is 2.30. The maximum absolute atomic E-state index is 13.2. The van der Waals surface area contributed by atoms with Gasteiger partial charge in [-0.1, -0.05) is 25.3 Å². The molecule has 1 aromatic carbocycles. The van der Waals surface area contributed by atoms with Crippen LogP contribution in [-0.2, 0) is 10.0 Å². The second-order valence-corrected chi connectivity index (χ2v) is 10.6. The fourth-order valence-corrected chi connectivity index (χ4v) is 6.10. The minimum absolute atomic E-state index is 0.0149. The van der Waals surface area contributed by atoms with Gasteiger partial charge in [0.05, 0.1) is 10.5 Å². The number of nitrogens with zero attached hydrogens (tertiary/aromatic N) is 5. The van der Waals surface area contributed by atoms with E-state index in [0.29, 0.717) is 43.1 Å². The van der Waals surface area contributed by atoms with E-state index in [1.165, 1.54) is 10.4 Å². The van der Waals surface area contributed by atoms with E-state index >= 15 is 0 Å². The standard InChI is InChI=1S/C24H29N5O3S/c1-27(21-9-3-2-4-10-21)33(31,32)22-11-5-7-19(17-22)24(30)29-15-13-28(14-16-29)23-20(18-25)8-6-12-26-23/h5-8,11-12,17,21H,2-4,9-10,13-16H2,1H3. The third-order valence-corrected chi connectivity index (χ3v) is 8.53. The van der Waals surface area contributed by atoms with Gasteiger partial charge in [0.1, 0.15) is 11.9 Å². The van der Waals surface area contributed by atoms with E-state index in [0.717, 1.165) is 32.1 Å². The Morgan fingerprint density at radius 1 is 1.09 bits per heavy atom. The molecule has 1 aliphatic heterocycles. The van der Waals surface area contributed by atoms with Crippen molar-refractivity contribution in [2.24, 2.45) is 0 Å². The van der Waals surface area contributed by atoms with Crippen molar-refractivity contribution in [2.75, 3.05) is 38.1 Å². The first kappa shape index (κ1) is 23.2. The lowest BCUT2D eigenvalue weighted by atomic mass is 9.96. The minimum Gasteiger partial charge on any atom is -0.352 e. The number of nitriles is 1. The van der Waals surface area contributed by atoms with Crippen molar-refractivity contribution < 1.29 is 13.2 Å². The van der Waals surface area contributed by atoms with E-state index in [-0.39, 0.29) is 16.8 Å². The van der Waals surface area contributed by atoms with Crippen LogP contribution in [0.5, 0.6) is 0 Å². The lowest BCUT2D eigenvalue weighted by Crippen LogP contribution is -2.49. The number of pyridine rings is 1. The Hall–Kier alpha value is -2.96. The summed E-state index contributed by atoms with van der Waals surface area (Å²) in [6.45, 7) is 2.05. The van der Waals surface area contributed by atoms with Crippen LogP contribution in [0.4, 0.5) is 5.82 Å². The molecule has 0 N–H and O–H groups in total. The molecule has 2 fully saturated rings. The Morgan fingerprint density at radius 2 is 1.82 bits per heavy atom. The van der Waals surface area contributed by atoms with Crippen molar-refractivity contribution in [3.05, 3.63) is 53.7 Å². The maximum Gasteiger partial charge on any atom is 0.254 e. The quantitative estimate of drug-likeness (QED) is 0.671. The van der Waals surface area contributed by atoms with Crippen LogP contribution in [0.25, 0.3) is 0 Å². The monoisotopic (exact) mass is 467 g/mol. The minimum atomic E-state index is -3.66. The van der Waals surface area contributed by atoms with Crippen LogP contribution in [0.1, 0.15) is 48.0 Å². The number of aromatic nitrogens is 1. The van der Waals surface area contributed by atoms with E-state index in [2.05, 4.69) is 11.1 Å². The van der Waals surface area contributed by atoms with Crippen LogP contribution in [0, 0.1) is 11.3 Å². The SMILES string of the molecule is CN(C1CCCCC1)S(=O)(=O)c1cccc(C(=O)N2CCN(c3ncccc3C#N)CC2)c1. The molecule has 0 radical (unpaired) electrons. The van der Waals surface area contributed by atoms with Crippen molar-refractivity contribution >= 4 is 21.7 Å². The van der Waals surface area contributed by atoms with Crippen molar-refractivity contribution in [1.29, 1.82) is 5.26 Å². The molecular formula is C24H29N5O3S. The molecule has 4 rings (SSSR count). The smallest absolute Gasteiger partial charge is 0.254 e. The molecule has 0 unspecified atom stereocenters. The zero-order valence-electron chi connectivity index (χ0n) is 18.9. The Kier molecular flexibility index (Phi) is 6.96. The van der Waals surface area contributed by atoms with Gasteiger partial charge in [-0.15, -0.1) is 0 Å². The fraction of sp³-hybridized carbons (Fsp3) is 0.458. The van der Waals surface area contributed by atoms with E-state index < -0.39 is 10.0 Å². The molecule has 1 aliphatic carbocycles. The molecule has 9 heteroatoms. The van der Waals surface area contributed by atoms with Gasteiger partial charge in [-0.25, -0.2) is 13.4 Å². The predicted molar refractivity (Wildman–Crippen MR) is 125 cm³/mol. The molecule has 0 bridgehead atoms. The summed E-state index contributed by atoms with van der Waals surface area (Å²) < 4.78 is 27.9. The molecule has 33 heavy (non-hydrogen) atoms. The summed E-state index contributed by atoms with van der Waals surface area (Å²) in [7, 11) is -2.02. The molecule has 8 nitrogen and oxygen atoms in total. The van der Waals surface area contributed by atoms with E-state index in [4.69, 9.17) is 0 Å². The van der Waals surface area contributed by atoms with Gasteiger partial charge in [0, 0.05) is 51.0 Å². The Bertz CT molecular complexity index is 1150. The average Bonchev–Trinajstić information content (AvgIpc) is 2.88. The molecule has 1 saturated heterocycles. The summed E-state index contributed by atoms with van der Waals surface area (Å²) in [5.74, 6) is 0.444. The molecule has 2 aromatic rings. The Balaban J connectivity index is 1.45. The number of benzene rings is 1. The van der Waals surface area contributed by atoms with Crippen molar-refractivity contribution in [3.8, 4) is 6.07 Å². The largest absolute Gasteiger partial charge is 0.352 e. The number of carbonyl (C=O) groups is 1. The van der Waals surface area contributed by atoms with Crippen LogP contribution in [0.15, 0.2) is 47.5 Å². The highest BCUT2D eigenvalue weighted by molar-refractivity contribution is 7.89.